The first-order valence-electron chi connectivity index (χ1n) is 5.61. The number of ether oxygens (including phenoxy) is 1. The molecular formula is C12H17NO3S. The summed E-state index contributed by atoms with van der Waals surface area (Å²) in [5.74, 6) is -0.197. The minimum Gasteiger partial charge on any atom is -0.363 e. The van der Waals surface area contributed by atoms with Crippen LogP contribution in [0.4, 0.5) is 0 Å². The summed E-state index contributed by atoms with van der Waals surface area (Å²) >= 11 is 0. The van der Waals surface area contributed by atoms with E-state index in [0.29, 0.717) is 19.7 Å². The zero-order valence-electron chi connectivity index (χ0n) is 10.1. The van der Waals surface area contributed by atoms with Gasteiger partial charge in [0, 0.05) is 13.1 Å². The Balaban J connectivity index is 2.20. The van der Waals surface area contributed by atoms with E-state index in [4.69, 9.17) is 4.74 Å². The van der Waals surface area contributed by atoms with E-state index in [1.807, 2.05) is 26.0 Å². The Hall–Kier alpha value is -0.910. The minimum absolute atomic E-state index is 0.197. The van der Waals surface area contributed by atoms with Crippen LogP contribution >= 0.6 is 0 Å². The van der Waals surface area contributed by atoms with Crippen LogP contribution in [0, 0.1) is 13.8 Å². The van der Waals surface area contributed by atoms with Crippen molar-refractivity contribution in [1.29, 1.82) is 0 Å². The van der Waals surface area contributed by atoms with Crippen LogP contribution in [0.15, 0.2) is 18.2 Å². The van der Waals surface area contributed by atoms with Gasteiger partial charge >= 0.3 is 0 Å². The molecule has 0 aromatic heterocycles. The maximum atomic E-state index is 11.8. The fourth-order valence-electron chi connectivity index (χ4n) is 1.93. The van der Waals surface area contributed by atoms with E-state index in [1.165, 1.54) is 9.87 Å². The maximum Gasteiger partial charge on any atom is 0.238 e. The topological polar surface area (TPSA) is 46.6 Å². The van der Waals surface area contributed by atoms with Crippen molar-refractivity contribution in [2.45, 2.75) is 20.4 Å². The van der Waals surface area contributed by atoms with Crippen LogP contribution in [0.5, 0.6) is 0 Å². The zero-order chi connectivity index (χ0) is 12.5. The Bertz CT molecular complexity index is 510. The smallest absolute Gasteiger partial charge is 0.238 e. The Kier molecular flexibility index (Phi) is 3.51. The number of benzene rings is 1. The Morgan fingerprint density at radius 1 is 1.35 bits per heavy atom. The van der Waals surface area contributed by atoms with E-state index in [1.54, 1.807) is 0 Å². The second kappa shape index (κ2) is 4.76. The molecule has 0 bridgehead atoms. The molecule has 4 nitrogen and oxygen atoms in total. The fraction of sp³-hybridized carbons (Fsp3) is 0.500. The zero-order valence-corrected chi connectivity index (χ0v) is 11.0. The largest absolute Gasteiger partial charge is 0.363 e. The number of hydrogen-bond acceptors (Lipinski definition) is 3. The summed E-state index contributed by atoms with van der Waals surface area (Å²) in [7, 11) is -3.24. The highest BCUT2D eigenvalue weighted by molar-refractivity contribution is 7.88. The average molecular weight is 255 g/mol. The molecule has 0 unspecified atom stereocenters. The summed E-state index contributed by atoms with van der Waals surface area (Å²) in [6.45, 7) is 5.40. The molecule has 1 fully saturated rings. The molecule has 0 radical (unpaired) electrons. The third-order valence-corrected chi connectivity index (χ3v) is 4.52. The van der Waals surface area contributed by atoms with Crippen molar-refractivity contribution in [3.63, 3.8) is 0 Å². The molecule has 0 saturated carbocycles. The van der Waals surface area contributed by atoms with Crippen molar-refractivity contribution in [3.05, 3.63) is 34.9 Å². The number of hydrogen-bond donors (Lipinski definition) is 0. The van der Waals surface area contributed by atoms with E-state index in [2.05, 4.69) is 6.07 Å². The van der Waals surface area contributed by atoms with E-state index in [9.17, 15) is 8.42 Å². The predicted molar refractivity (Wildman–Crippen MR) is 66.1 cm³/mol. The molecule has 1 aromatic rings. The van der Waals surface area contributed by atoms with Crippen molar-refractivity contribution in [2.24, 2.45) is 0 Å². The lowest BCUT2D eigenvalue weighted by Gasteiger charge is -2.26. The van der Waals surface area contributed by atoms with Gasteiger partial charge in [-0.05, 0) is 25.0 Å². The molecule has 2 rings (SSSR count). The lowest BCUT2D eigenvalue weighted by atomic mass is 10.1. The van der Waals surface area contributed by atoms with Crippen LogP contribution in [0.3, 0.4) is 0 Å². The van der Waals surface area contributed by atoms with Gasteiger partial charge in [-0.25, -0.2) is 8.42 Å². The first kappa shape index (κ1) is 12.5. The first-order chi connectivity index (χ1) is 7.99. The van der Waals surface area contributed by atoms with Crippen LogP contribution < -0.4 is 0 Å². The summed E-state index contributed by atoms with van der Waals surface area (Å²) in [5, 5.41) is 0. The molecule has 1 saturated heterocycles. The Morgan fingerprint density at radius 3 is 2.76 bits per heavy atom. The van der Waals surface area contributed by atoms with Gasteiger partial charge in [0.15, 0.2) is 5.94 Å². The molecule has 1 aliphatic rings. The highest BCUT2D eigenvalue weighted by atomic mass is 32.2. The molecule has 0 amide bonds. The minimum atomic E-state index is -3.24. The fourth-order valence-corrected chi connectivity index (χ4v) is 3.10. The molecule has 17 heavy (non-hydrogen) atoms. The van der Waals surface area contributed by atoms with Crippen molar-refractivity contribution >= 4 is 10.0 Å². The highest BCUT2D eigenvalue weighted by Crippen LogP contribution is 2.17. The molecule has 1 aromatic carbocycles. The third-order valence-electron chi connectivity index (χ3n) is 2.96. The normalized spacial score (nSPS) is 20.4. The van der Waals surface area contributed by atoms with Crippen molar-refractivity contribution < 1.29 is 13.2 Å². The number of nitrogens with zero attached hydrogens (tertiary/aromatic N) is 1. The molecule has 0 N–H and O–H groups in total. The predicted octanol–water partition coefficient (Wildman–Crippen LogP) is 1.42. The van der Waals surface area contributed by atoms with Crippen molar-refractivity contribution in [3.8, 4) is 0 Å². The second-order valence-electron chi connectivity index (χ2n) is 4.40. The standard InChI is InChI=1S/C12H17NO3S/c1-10-3-4-12(11(2)7-10)8-13-5-6-16-9-17(13,14)15/h3-4,7H,5-6,8-9H2,1-2H3. The SMILES string of the molecule is Cc1ccc(CN2CCOCS2(=O)=O)c(C)c1. The summed E-state index contributed by atoms with van der Waals surface area (Å²) in [4.78, 5) is 0. The van der Waals surface area contributed by atoms with Crippen molar-refractivity contribution in [2.75, 3.05) is 19.1 Å². The van der Waals surface area contributed by atoms with E-state index >= 15 is 0 Å². The number of rotatable bonds is 2. The summed E-state index contributed by atoms with van der Waals surface area (Å²) in [5.41, 5.74) is 3.38. The van der Waals surface area contributed by atoms with E-state index < -0.39 is 10.0 Å². The molecule has 5 heteroatoms. The number of aryl methyl sites for hydroxylation is 2. The van der Waals surface area contributed by atoms with Gasteiger partial charge in [0.25, 0.3) is 0 Å². The van der Waals surface area contributed by atoms with Gasteiger partial charge in [-0.1, -0.05) is 23.8 Å². The lowest BCUT2D eigenvalue weighted by molar-refractivity contribution is 0.130. The Morgan fingerprint density at radius 2 is 2.12 bits per heavy atom. The van der Waals surface area contributed by atoms with E-state index in [0.717, 1.165) is 11.1 Å². The second-order valence-corrected chi connectivity index (χ2v) is 6.32. The van der Waals surface area contributed by atoms with Crippen LogP contribution in [-0.2, 0) is 21.3 Å². The summed E-state index contributed by atoms with van der Waals surface area (Å²) in [6.07, 6.45) is 0. The van der Waals surface area contributed by atoms with E-state index in [-0.39, 0.29) is 5.94 Å². The molecule has 1 heterocycles. The summed E-state index contributed by atoms with van der Waals surface area (Å²) < 4.78 is 30.0. The van der Waals surface area contributed by atoms with Crippen LogP contribution in [0.25, 0.3) is 0 Å². The molecule has 1 aliphatic heterocycles. The first-order valence-corrected chi connectivity index (χ1v) is 7.22. The van der Waals surface area contributed by atoms with Crippen molar-refractivity contribution in [1.82, 2.24) is 4.31 Å². The van der Waals surface area contributed by atoms with Crippen LogP contribution in [-0.4, -0.2) is 31.8 Å². The van der Waals surface area contributed by atoms with Crippen LogP contribution in [0.1, 0.15) is 16.7 Å². The van der Waals surface area contributed by atoms with Gasteiger partial charge < -0.3 is 4.74 Å². The molecular weight excluding hydrogens is 238 g/mol. The quantitative estimate of drug-likeness (QED) is 0.803. The van der Waals surface area contributed by atoms with Gasteiger partial charge in [0.2, 0.25) is 10.0 Å². The van der Waals surface area contributed by atoms with Gasteiger partial charge in [0.05, 0.1) is 6.61 Å². The van der Waals surface area contributed by atoms with Crippen LogP contribution in [0.2, 0.25) is 0 Å². The summed E-state index contributed by atoms with van der Waals surface area (Å²) in [6, 6.07) is 6.08. The van der Waals surface area contributed by atoms with Gasteiger partial charge in [-0.3, -0.25) is 0 Å². The monoisotopic (exact) mass is 255 g/mol. The number of sulfonamides is 1. The molecule has 0 spiro atoms. The third kappa shape index (κ3) is 2.86. The molecule has 0 aliphatic carbocycles. The maximum absolute atomic E-state index is 11.8. The highest BCUT2D eigenvalue weighted by Gasteiger charge is 2.26. The van der Waals surface area contributed by atoms with Gasteiger partial charge in [-0.2, -0.15) is 4.31 Å². The Labute approximate surface area is 102 Å². The molecule has 94 valence electrons. The average Bonchev–Trinajstić information content (AvgIpc) is 2.24. The van der Waals surface area contributed by atoms with Gasteiger partial charge in [0.1, 0.15) is 0 Å². The molecule has 0 atom stereocenters. The lowest BCUT2D eigenvalue weighted by Crippen LogP contribution is -2.40. The van der Waals surface area contributed by atoms with Gasteiger partial charge in [-0.15, -0.1) is 0 Å².